The molecule has 0 aromatic rings. The highest BCUT2D eigenvalue weighted by Crippen LogP contribution is 2.70. The molecular formula is C16H18F2O6S2. The topological polar surface area (TPSA) is 82.1 Å². The molecule has 5 aliphatic rings. The average Bonchev–Trinajstić information content (AvgIpc) is 3.30. The van der Waals surface area contributed by atoms with E-state index in [0.29, 0.717) is 13.3 Å². The van der Waals surface area contributed by atoms with E-state index < -0.39 is 42.3 Å². The van der Waals surface area contributed by atoms with Crippen LogP contribution in [0, 0.1) is 11.8 Å². The zero-order valence-electron chi connectivity index (χ0n) is 13.8. The van der Waals surface area contributed by atoms with Gasteiger partial charge in [-0.1, -0.05) is 0 Å². The number of hydrogen-bond acceptors (Lipinski definition) is 8. The second-order valence-electron chi connectivity index (χ2n) is 7.79. The number of esters is 2. The van der Waals surface area contributed by atoms with Crippen LogP contribution in [0.15, 0.2) is 0 Å². The number of alkyl halides is 2. The Balaban J connectivity index is 1.26. The summed E-state index contributed by atoms with van der Waals surface area (Å²) in [7, 11) is 0. The highest BCUT2D eigenvalue weighted by atomic mass is 32.2. The number of carbonyl (C=O) groups excluding carboxylic acids is 2. The minimum Gasteiger partial charge on any atom is -0.458 e. The van der Waals surface area contributed by atoms with Crippen LogP contribution in [-0.4, -0.2) is 62.1 Å². The number of aliphatic hydroxyl groups excluding tert-OH is 1. The summed E-state index contributed by atoms with van der Waals surface area (Å²) in [4.78, 5) is 23.0. The maximum Gasteiger partial charge on any atom is 0.376 e. The summed E-state index contributed by atoms with van der Waals surface area (Å²) in [5.74, 6) is -5.25. The van der Waals surface area contributed by atoms with Gasteiger partial charge in [0.2, 0.25) is 0 Å². The molecule has 5 fully saturated rings. The van der Waals surface area contributed by atoms with Gasteiger partial charge in [0.25, 0.3) is 0 Å². The third kappa shape index (κ3) is 2.37. The fourth-order valence-electron chi connectivity index (χ4n) is 4.92. The number of hydrogen-bond donors (Lipinski definition) is 1. The molecule has 10 heteroatoms. The van der Waals surface area contributed by atoms with Crippen molar-refractivity contribution in [2.45, 2.75) is 71.3 Å². The monoisotopic (exact) mass is 408 g/mol. The van der Waals surface area contributed by atoms with E-state index in [1.807, 2.05) is 0 Å². The molecule has 2 saturated carbocycles. The Morgan fingerprint density at radius 2 is 2.12 bits per heavy atom. The molecule has 9 atom stereocenters. The Bertz CT molecular complexity index is 672. The lowest BCUT2D eigenvalue weighted by Crippen LogP contribution is -2.38. The summed E-state index contributed by atoms with van der Waals surface area (Å²) in [5, 5.41) is 9.81. The van der Waals surface area contributed by atoms with Gasteiger partial charge in [-0.2, -0.15) is 8.78 Å². The molecule has 26 heavy (non-hydrogen) atoms. The van der Waals surface area contributed by atoms with Crippen LogP contribution in [0.2, 0.25) is 0 Å². The molecular weight excluding hydrogens is 390 g/mol. The molecule has 3 heterocycles. The third-order valence-corrected chi connectivity index (χ3v) is 10.1. The molecule has 9 unspecified atom stereocenters. The predicted molar refractivity (Wildman–Crippen MR) is 87.6 cm³/mol. The van der Waals surface area contributed by atoms with E-state index in [-0.39, 0.29) is 26.6 Å². The number of aliphatic hydroxyl groups is 1. The largest absolute Gasteiger partial charge is 0.458 e. The zero-order valence-corrected chi connectivity index (χ0v) is 15.4. The van der Waals surface area contributed by atoms with Gasteiger partial charge < -0.3 is 19.3 Å². The molecule has 1 N–H and O–H groups in total. The van der Waals surface area contributed by atoms with Crippen LogP contribution in [0.5, 0.6) is 0 Å². The predicted octanol–water partition coefficient (Wildman–Crippen LogP) is 1.54. The maximum absolute atomic E-state index is 13.1. The minimum absolute atomic E-state index is 0.0357. The molecule has 3 saturated heterocycles. The Kier molecular flexibility index (Phi) is 3.69. The van der Waals surface area contributed by atoms with Crippen molar-refractivity contribution in [2.24, 2.45) is 11.8 Å². The number of ether oxygens (including phenoxy) is 3. The number of halogens is 2. The van der Waals surface area contributed by atoms with Gasteiger partial charge in [-0.3, -0.25) is 0 Å². The van der Waals surface area contributed by atoms with Crippen LogP contribution < -0.4 is 0 Å². The molecule has 1 spiro atoms. The minimum atomic E-state index is -3.47. The van der Waals surface area contributed by atoms with Gasteiger partial charge in [-0.25, -0.2) is 9.59 Å². The Hall–Kier alpha value is -0.580. The summed E-state index contributed by atoms with van der Waals surface area (Å²) in [6, 6.07) is 0. The van der Waals surface area contributed by atoms with Gasteiger partial charge in [0, 0.05) is 6.92 Å². The summed E-state index contributed by atoms with van der Waals surface area (Å²) in [6.45, 7) is 0.555. The van der Waals surface area contributed by atoms with Crippen molar-refractivity contribution in [2.75, 3.05) is 0 Å². The zero-order chi connectivity index (χ0) is 18.4. The van der Waals surface area contributed by atoms with Crippen molar-refractivity contribution in [3.8, 4) is 0 Å². The lowest BCUT2D eigenvalue weighted by atomic mass is 9.96. The number of thioether (sulfide) groups is 2. The van der Waals surface area contributed by atoms with Gasteiger partial charge in [-0.15, -0.1) is 23.5 Å². The Labute approximate surface area is 156 Å². The molecule has 0 aromatic heterocycles. The first-order valence-corrected chi connectivity index (χ1v) is 10.4. The maximum atomic E-state index is 13.1. The van der Waals surface area contributed by atoms with Gasteiger partial charge in [0.15, 0.2) is 6.10 Å². The molecule has 0 amide bonds. The van der Waals surface area contributed by atoms with Crippen LogP contribution in [0.3, 0.4) is 0 Å². The average molecular weight is 408 g/mol. The highest BCUT2D eigenvalue weighted by Gasteiger charge is 2.68. The van der Waals surface area contributed by atoms with Crippen LogP contribution in [0.25, 0.3) is 0 Å². The SMILES string of the molecule is CC(F)(F)C(=O)OC1CC2CC1CC21SC2OC3C(O)C(=O)OC3C2S1. The molecule has 6 nitrogen and oxygen atoms in total. The molecule has 0 aromatic carbocycles. The molecule has 3 aliphatic heterocycles. The third-order valence-electron chi connectivity index (χ3n) is 6.08. The Morgan fingerprint density at radius 3 is 2.77 bits per heavy atom. The van der Waals surface area contributed by atoms with Crippen molar-refractivity contribution < 1.29 is 37.7 Å². The van der Waals surface area contributed by atoms with E-state index >= 15 is 0 Å². The smallest absolute Gasteiger partial charge is 0.376 e. The first-order chi connectivity index (χ1) is 12.2. The van der Waals surface area contributed by atoms with E-state index in [9.17, 15) is 23.5 Å². The van der Waals surface area contributed by atoms with Crippen LogP contribution in [0.1, 0.15) is 26.2 Å². The van der Waals surface area contributed by atoms with Crippen molar-refractivity contribution >= 4 is 35.5 Å². The standard InChI is InChI=1S/C16H18F2O6S2/c1-15(17,18)14(21)22-7-3-6-2-5(7)4-16(6)25-11-10-9(24-13(11)26-16)8(19)12(20)23-10/h5-11,13,19H,2-4H2,1H3. The van der Waals surface area contributed by atoms with Crippen molar-refractivity contribution in [3.05, 3.63) is 0 Å². The van der Waals surface area contributed by atoms with Gasteiger partial charge in [0.1, 0.15) is 23.7 Å². The number of fused-ring (bicyclic) bond motifs is 6. The van der Waals surface area contributed by atoms with Crippen molar-refractivity contribution in [1.82, 2.24) is 0 Å². The van der Waals surface area contributed by atoms with E-state index in [1.165, 1.54) is 0 Å². The quantitative estimate of drug-likeness (QED) is 0.689. The summed E-state index contributed by atoms with van der Waals surface area (Å²) in [6.07, 6.45) is -0.552. The van der Waals surface area contributed by atoms with Gasteiger partial charge in [0.05, 0.1) is 9.33 Å². The van der Waals surface area contributed by atoms with Crippen molar-refractivity contribution in [3.63, 3.8) is 0 Å². The second kappa shape index (κ2) is 5.48. The summed E-state index contributed by atoms with van der Waals surface area (Å²) in [5.41, 5.74) is -0.155. The normalized spacial score (nSPS) is 51.6. The highest BCUT2D eigenvalue weighted by molar-refractivity contribution is 8.22. The van der Waals surface area contributed by atoms with E-state index in [2.05, 4.69) is 0 Å². The first kappa shape index (κ1) is 17.5. The van der Waals surface area contributed by atoms with Gasteiger partial charge >= 0.3 is 17.9 Å². The van der Waals surface area contributed by atoms with Crippen LogP contribution in [0.4, 0.5) is 8.78 Å². The molecule has 2 aliphatic carbocycles. The van der Waals surface area contributed by atoms with E-state index in [1.54, 1.807) is 23.5 Å². The van der Waals surface area contributed by atoms with Crippen molar-refractivity contribution in [1.29, 1.82) is 0 Å². The fraction of sp³-hybridized carbons (Fsp3) is 0.875. The lowest BCUT2D eigenvalue weighted by Gasteiger charge is -2.36. The second-order valence-corrected chi connectivity index (χ2v) is 11.0. The summed E-state index contributed by atoms with van der Waals surface area (Å²) < 4.78 is 42.3. The fourth-order valence-corrected chi connectivity index (χ4v) is 9.33. The lowest BCUT2D eigenvalue weighted by molar-refractivity contribution is -0.177. The molecule has 0 radical (unpaired) electrons. The molecule has 144 valence electrons. The molecule has 2 bridgehead atoms. The number of rotatable bonds is 2. The Morgan fingerprint density at radius 1 is 1.35 bits per heavy atom. The summed E-state index contributed by atoms with van der Waals surface area (Å²) >= 11 is 3.41. The van der Waals surface area contributed by atoms with E-state index in [0.717, 1.165) is 12.8 Å². The number of carbonyl (C=O) groups is 2. The van der Waals surface area contributed by atoms with Crippen LogP contribution >= 0.6 is 23.5 Å². The first-order valence-electron chi connectivity index (χ1n) is 8.66. The molecule has 5 rings (SSSR count). The van der Waals surface area contributed by atoms with E-state index in [4.69, 9.17) is 14.2 Å². The van der Waals surface area contributed by atoms with Crippen LogP contribution in [-0.2, 0) is 23.8 Å². The van der Waals surface area contributed by atoms with Gasteiger partial charge in [-0.05, 0) is 31.1 Å².